The molecule has 2 aromatic rings. The highest BCUT2D eigenvalue weighted by molar-refractivity contribution is 9.10. The molecule has 0 aliphatic carbocycles. The predicted octanol–water partition coefficient (Wildman–Crippen LogP) is 3.62. The van der Waals surface area contributed by atoms with Crippen molar-refractivity contribution in [3.8, 4) is 5.75 Å². The van der Waals surface area contributed by atoms with Gasteiger partial charge in [-0.1, -0.05) is 23.7 Å². The van der Waals surface area contributed by atoms with E-state index in [4.69, 9.17) is 11.6 Å². The summed E-state index contributed by atoms with van der Waals surface area (Å²) >= 11 is 8.88. The van der Waals surface area contributed by atoms with Crippen LogP contribution in [0.1, 0.15) is 17.2 Å². The minimum atomic E-state index is -0.990. The van der Waals surface area contributed by atoms with Crippen LogP contribution in [-0.4, -0.2) is 15.2 Å². The van der Waals surface area contributed by atoms with Crippen LogP contribution in [0.3, 0.4) is 0 Å². The fourth-order valence-corrected chi connectivity index (χ4v) is 2.26. The van der Waals surface area contributed by atoms with Gasteiger partial charge in [-0.2, -0.15) is 0 Å². The number of halogens is 3. The molecule has 2 rings (SSSR count). The fourth-order valence-electron chi connectivity index (χ4n) is 1.71. The minimum Gasteiger partial charge on any atom is -0.504 e. The molecule has 19 heavy (non-hydrogen) atoms. The maximum Gasteiger partial charge on any atom is 0.169 e. The number of hydrogen-bond acceptors (Lipinski definition) is 3. The summed E-state index contributed by atoms with van der Waals surface area (Å²) in [6, 6.07) is 6.27. The van der Waals surface area contributed by atoms with Crippen LogP contribution < -0.4 is 0 Å². The highest BCUT2D eigenvalue weighted by atomic mass is 79.9. The number of nitrogens with zero attached hydrogens (tertiary/aromatic N) is 1. The fraction of sp³-hybridized carbons (Fsp3) is 0.154. The van der Waals surface area contributed by atoms with Crippen molar-refractivity contribution in [2.75, 3.05) is 0 Å². The van der Waals surface area contributed by atoms with Gasteiger partial charge in [0.2, 0.25) is 0 Å². The molecule has 1 aromatic carbocycles. The van der Waals surface area contributed by atoms with E-state index in [1.54, 1.807) is 12.1 Å². The molecule has 3 nitrogen and oxygen atoms in total. The Labute approximate surface area is 122 Å². The van der Waals surface area contributed by atoms with E-state index >= 15 is 0 Å². The zero-order valence-corrected chi connectivity index (χ0v) is 12.0. The molecule has 0 spiro atoms. The number of aliphatic hydroxyl groups excluding tert-OH is 1. The van der Waals surface area contributed by atoms with Gasteiger partial charge in [0.05, 0.1) is 10.6 Å². The Morgan fingerprint density at radius 3 is 2.79 bits per heavy atom. The normalized spacial score (nSPS) is 12.4. The SMILES string of the molecule is Oc1c(Br)ccc(CC(O)c2cccnc2Cl)c1F. The maximum absolute atomic E-state index is 13.8. The number of hydrogen-bond donors (Lipinski definition) is 2. The number of pyridine rings is 1. The first-order chi connectivity index (χ1) is 9.00. The molecule has 0 radical (unpaired) electrons. The Balaban J connectivity index is 2.27. The van der Waals surface area contributed by atoms with E-state index in [0.29, 0.717) is 5.56 Å². The summed E-state index contributed by atoms with van der Waals surface area (Å²) < 4.78 is 14.1. The van der Waals surface area contributed by atoms with Crippen molar-refractivity contribution in [1.82, 2.24) is 4.98 Å². The highest BCUT2D eigenvalue weighted by Crippen LogP contribution is 2.31. The lowest BCUT2D eigenvalue weighted by Gasteiger charge is -2.13. The quantitative estimate of drug-likeness (QED) is 0.835. The molecule has 0 bridgehead atoms. The zero-order valence-electron chi connectivity index (χ0n) is 9.65. The van der Waals surface area contributed by atoms with Gasteiger partial charge in [0.15, 0.2) is 11.6 Å². The van der Waals surface area contributed by atoms with Crippen molar-refractivity contribution in [2.45, 2.75) is 12.5 Å². The van der Waals surface area contributed by atoms with Crippen molar-refractivity contribution in [1.29, 1.82) is 0 Å². The van der Waals surface area contributed by atoms with Crippen LogP contribution in [0.4, 0.5) is 4.39 Å². The van der Waals surface area contributed by atoms with Crippen LogP contribution >= 0.6 is 27.5 Å². The zero-order chi connectivity index (χ0) is 14.0. The molecule has 0 saturated heterocycles. The van der Waals surface area contributed by atoms with Gasteiger partial charge < -0.3 is 10.2 Å². The van der Waals surface area contributed by atoms with Crippen LogP contribution in [0.5, 0.6) is 5.75 Å². The Morgan fingerprint density at radius 1 is 1.37 bits per heavy atom. The molecule has 0 aliphatic heterocycles. The van der Waals surface area contributed by atoms with E-state index in [-0.39, 0.29) is 21.6 Å². The molecule has 1 unspecified atom stereocenters. The first-order valence-corrected chi connectivity index (χ1v) is 6.62. The minimum absolute atomic E-state index is 0.00190. The summed E-state index contributed by atoms with van der Waals surface area (Å²) in [6.07, 6.45) is 0.513. The topological polar surface area (TPSA) is 53.4 Å². The lowest BCUT2D eigenvalue weighted by molar-refractivity contribution is 0.176. The van der Waals surface area contributed by atoms with Gasteiger partial charge in [0, 0.05) is 18.2 Å². The van der Waals surface area contributed by atoms with Crippen LogP contribution in [0, 0.1) is 5.82 Å². The first kappa shape index (κ1) is 14.2. The van der Waals surface area contributed by atoms with Crippen LogP contribution in [-0.2, 0) is 6.42 Å². The van der Waals surface area contributed by atoms with Crippen molar-refractivity contribution in [2.24, 2.45) is 0 Å². The number of phenolic OH excluding ortho intramolecular Hbond substituents is 1. The lowest BCUT2D eigenvalue weighted by Crippen LogP contribution is -2.05. The maximum atomic E-state index is 13.8. The van der Waals surface area contributed by atoms with Gasteiger partial charge in [-0.05, 0) is 33.6 Å². The summed E-state index contributed by atoms with van der Waals surface area (Å²) in [5, 5.41) is 19.7. The van der Waals surface area contributed by atoms with Crippen LogP contribution in [0.2, 0.25) is 5.15 Å². The molecular formula is C13H10BrClFNO2. The van der Waals surface area contributed by atoms with Gasteiger partial charge >= 0.3 is 0 Å². The molecule has 1 heterocycles. The molecular weight excluding hydrogens is 337 g/mol. The second kappa shape index (κ2) is 5.86. The number of aromatic nitrogens is 1. The Kier molecular flexibility index (Phi) is 4.39. The van der Waals surface area contributed by atoms with Gasteiger partial charge in [0.1, 0.15) is 5.15 Å². The van der Waals surface area contributed by atoms with Gasteiger partial charge in [-0.25, -0.2) is 9.37 Å². The van der Waals surface area contributed by atoms with Crippen LogP contribution in [0.25, 0.3) is 0 Å². The van der Waals surface area contributed by atoms with E-state index in [1.165, 1.54) is 18.3 Å². The van der Waals surface area contributed by atoms with Gasteiger partial charge in [-0.3, -0.25) is 0 Å². The number of rotatable bonds is 3. The monoisotopic (exact) mass is 345 g/mol. The standard InChI is InChI=1S/C13H10BrClFNO2/c14-9-4-3-7(11(16)12(9)19)6-10(18)8-2-1-5-17-13(8)15/h1-5,10,18-19H,6H2. The molecule has 0 fully saturated rings. The van der Waals surface area contributed by atoms with Gasteiger partial charge in [-0.15, -0.1) is 0 Å². The lowest BCUT2D eigenvalue weighted by atomic mass is 10.0. The summed E-state index contributed by atoms with van der Waals surface area (Å²) in [5.41, 5.74) is 0.624. The smallest absolute Gasteiger partial charge is 0.169 e. The van der Waals surface area contributed by atoms with E-state index in [1.807, 2.05) is 0 Å². The van der Waals surface area contributed by atoms with Crippen molar-refractivity contribution < 1.29 is 14.6 Å². The Hall–Kier alpha value is -1.17. The van der Waals surface area contributed by atoms with Crippen molar-refractivity contribution >= 4 is 27.5 Å². The van der Waals surface area contributed by atoms with Crippen molar-refractivity contribution in [3.63, 3.8) is 0 Å². The third-order valence-electron chi connectivity index (χ3n) is 2.71. The average molecular weight is 347 g/mol. The van der Waals surface area contributed by atoms with E-state index in [0.717, 1.165) is 0 Å². The van der Waals surface area contributed by atoms with E-state index < -0.39 is 17.7 Å². The molecule has 0 saturated carbocycles. The first-order valence-electron chi connectivity index (χ1n) is 5.45. The number of aliphatic hydroxyl groups is 1. The highest BCUT2D eigenvalue weighted by Gasteiger charge is 2.17. The second-order valence-corrected chi connectivity index (χ2v) is 5.18. The summed E-state index contributed by atoms with van der Waals surface area (Å²) in [6.45, 7) is 0. The second-order valence-electron chi connectivity index (χ2n) is 3.97. The molecule has 6 heteroatoms. The summed E-state index contributed by atoms with van der Waals surface area (Å²) in [4.78, 5) is 3.85. The number of phenols is 1. The number of benzene rings is 1. The summed E-state index contributed by atoms with van der Waals surface area (Å²) in [7, 11) is 0. The van der Waals surface area contributed by atoms with E-state index in [9.17, 15) is 14.6 Å². The van der Waals surface area contributed by atoms with Gasteiger partial charge in [0.25, 0.3) is 0 Å². The third-order valence-corrected chi connectivity index (χ3v) is 3.66. The molecule has 1 atom stereocenters. The third kappa shape index (κ3) is 3.05. The molecule has 100 valence electrons. The molecule has 1 aromatic heterocycles. The Bertz CT molecular complexity index is 609. The van der Waals surface area contributed by atoms with Crippen LogP contribution in [0.15, 0.2) is 34.9 Å². The molecule has 0 amide bonds. The Morgan fingerprint density at radius 2 is 2.11 bits per heavy atom. The number of aromatic hydroxyl groups is 1. The largest absolute Gasteiger partial charge is 0.504 e. The van der Waals surface area contributed by atoms with E-state index in [2.05, 4.69) is 20.9 Å². The predicted molar refractivity (Wildman–Crippen MR) is 73.7 cm³/mol. The molecule has 0 aliphatic rings. The van der Waals surface area contributed by atoms with Crippen molar-refractivity contribution in [3.05, 3.63) is 57.0 Å². The molecule has 2 N–H and O–H groups in total. The average Bonchev–Trinajstić information content (AvgIpc) is 2.40. The summed E-state index contributed by atoms with van der Waals surface area (Å²) in [5.74, 6) is -1.23.